The van der Waals surface area contributed by atoms with Crippen LogP contribution in [0.2, 0.25) is 0 Å². The summed E-state index contributed by atoms with van der Waals surface area (Å²) in [6.45, 7) is 2.03. The summed E-state index contributed by atoms with van der Waals surface area (Å²) >= 11 is 0. The van der Waals surface area contributed by atoms with E-state index in [1.165, 1.54) is 5.56 Å². The zero-order valence-corrected chi connectivity index (χ0v) is 23.9. The maximum absolute atomic E-state index is 4.63. The van der Waals surface area contributed by atoms with Gasteiger partial charge in [-0.05, 0) is 47.3 Å². The molecule has 0 N–H and O–H groups in total. The Labute approximate surface area is 241 Å². The molecule has 0 saturated carbocycles. The van der Waals surface area contributed by atoms with Gasteiger partial charge in [-0.2, -0.15) is 6.07 Å². The molecule has 0 saturated heterocycles. The summed E-state index contributed by atoms with van der Waals surface area (Å²) in [7, 11) is 1.96. The molecule has 5 nitrogen and oxygen atoms in total. The minimum absolute atomic E-state index is 0. The molecule has 0 bridgehead atoms. The molecule has 4 heterocycles. The van der Waals surface area contributed by atoms with Crippen molar-refractivity contribution < 1.29 is 29.3 Å². The van der Waals surface area contributed by atoms with Crippen molar-refractivity contribution in [2.75, 3.05) is 7.05 Å². The second kappa shape index (κ2) is 11.5. The van der Waals surface area contributed by atoms with Crippen LogP contribution in [0, 0.1) is 19.1 Å². The normalized spacial score (nSPS) is 11.9. The molecule has 191 valence electrons. The number of fused-ring (bicyclic) bond motifs is 3. The maximum Gasteiger partial charge on any atom is 0.493 e. The van der Waals surface area contributed by atoms with Crippen molar-refractivity contribution in [1.82, 2.24) is 14.5 Å². The number of nitrogens with zero attached hydrogens (tertiary/aromatic N) is 5. The Kier molecular flexibility index (Phi) is 7.71. The third-order valence-corrected chi connectivity index (χ3v) is 6.32. The maximum atomic E-state index is 4.63. The molecule has 1 aliphatic rings. The van der Waals surface area contributed by atoms with Crippen molar-refractivity contribution in [2.45, 2.75) is 6.92 Å². The van der Waals surface area contributed by atoms with Crippen molar-refractivity contribution in [2.24, 2.45) is 0 Å². The van der Waals surface area contributed by atoms with E-state index in [4.69, 9.17) is 0 Å². The first-order chi connectivity index (χ1) is 18.7. The van der Waals surface area contributed by atoms with E-state index in [2.05, 4.69) is 63.0 Å². The SMILES string of the molecule is C[N+]1=C=[N+](c2[c-]cc3c4cccnc4n(-c4ccccc4)c3c2)C=C1.Cc1ccc(-c2[c-]cccc2)nc1.[Ir]. The van der Waals surface area contributed by atoms with Gasteiger partial charge in [0.2, 0.25) is 6.20 Å². The van der Waals surface area contributed by atoms with Gasteiger partial charge >= 0.3 is 6.01 Å². The van der Waals surface area contributed by atoms with Gasteiger partial charge in [-0.15, -0.1) is 42.0 Å². The average Bonchev–Trinajstić information content (AvgIpc) is 3.55. The first kappa shape index (κ1) is 26.1. The summed E-state index contributed by atoms with van der Waals surface area (Å²) in [5.74, 6) is 0. The molecule has 0 unspecified atom stereocenters. The molecule has 0 atom stereocenters. The molecule has 3 aromatic heterocycles. The summed E-state index contributed by atoms with van der Waals surface area (Å²) in [5.41, 5.74) is 7.32. The van der Waals surface area contributed by atoms with Gasteiger partial charge in [0.1, 0.15) is 11.3 Å². The minimum Gasteiger partial charge on any atom is -0.318 e. The van der Waals surface area contributed by atoms with Gasteiger partial charge < -0.3 is 9.55 Å². The van der Waals surface area contributed by atoms with Gasteiger partial charge in [0, 0.05) is 38.2 Å². The third kappa shape index (κ3) is 5.40. The molecule has 6 aromatic rings. The van der Waals surface area contributed by atoms with Crippen molar-refractivity contribution in [3.63, 3.8) is 0 Å². The monoisotopic (exact) mass is 684 g/mol. The standard InChI is InChI=1S/C21H15N4.C12H10N.Ir/c1-23-12-13-24(15-23)17-9-10-18-19-8-5-11-22-21(19)25(20(18)14-17)16-6-3-2-4-7-16;1-10-7-8-12(13-9-10)11-5-3-2-4-6-11;/h2-8,10-14H,1H3;2-5,7-9H,1H3;/q+1;-1;. The fourth-order valence-corrected chi connectivity index (χ4v) is 4.46. The Morgan fingerprint density at radius 2 is 1.69 bits per heavy atom. The molecule has 39 heavy (non-hydrogen) atoms. The molecule has 1 aliphatic heterocycles. The van der Waals surface area contributed by atoms with Crippen LogP contribution in [0.1, 0.15) is 5.56 Å². The van der Waals surface area contributed by atoms with Crippen LogP contribution in [-0.4, -0.2) is 36.7 Å². The van der Waals surface area contributed by atoms with Crippen LogP contribution in [0.3, 0.4) is 0 Å². The molecule has 0 spiro atoms. The minimum atomic E-state index is 0. The van der Waals surface area contributed by atoms with Crippen molar-refractivity contribution in [3.8, 4) is 16.9 Å². The number of pyridine rings is 2. The van der Waals surface area contributed by atoms with E-state index in [0.29, 0.717) is 0 Å². The smallest absolute Gasteiger partial charge is 0.318 e. The van der Waals surface area contributed by atoms with E-state index in [9.17, 15) is 0 Å². The van der Waals surface area contributed by atoms with Crippen LogP contribution in [0.5, 0.6) is 0 Å². The number of hydrogen-bond donors (Lipinski definition) is 0. The molecular weight excluding hydrogens is 659 g/mol. The van der Waals surface area contributed by atoms with Gasteiger partial charge in [0.25, 0.3) is 6.20 Å². The fraction of sp³-hybridized carbons (Fsp3) is 0.0606. The van der Waals surface area contributed by atoms with Crippen LogP contribution < -0.4 is 0 Å². The van der Waals surface area contributed by atoms with E-state index >= 15 is 0 Å². The Morgan fingerprint density at radius 3 is 2.41 bits per heavy atom. The van der Waals surface area contributed by atoms with Crippen LogP contribution >= 0.6 is 0 Å². The van der Waals surface area contributed by atoms with Gasteiger partial charge in [-0.1, -0.05) is 57.0 Å². The zero-order valence-electron chi connectivity index (χ0n) is 21.5. The summed E-state index contributed by atoms with van der Waals surface area (Å²) < 4.78 is 6.04. The fourth-order valence-electron chi connectivity index (χ4n) is 4.46. The van der Waals surface area contributed by atoms with Gasteiger partial charge in [-0.25, -0.2) is 4.98 Å². The quantitative estimate of drug-likeness (QED) is 0.153. The van der Waals surface area contributed by atoms with E-state index in [0.717, 1.165) is 44.6 Å². The molecule has 0 aliphatic carbocycles. The number of hydrogen-bond acceptors (Lipinski definition) is 2. The van der Waals surface area contributed by atoms with Crippen LogP contribution in [-0.2, 0) is 20.1 Å². The Bertz CT molecular complexity index is 1850. The number of para-hydroxylation sites is 1. The number of rotatable bonds is 3. The molecule has 3 aromatic carbocycles. The van der Waals surface area contributed by atoms with Crippen LogP contribution in [0.25, 0.3) is 38.9 Å². The van der Waals surface area contributed by atoms with E-state index in [1.807, 2.05) is 109 Å². The largest absolute Gasteiger partial charge is 0.493 e. The van der Waals surface area contributed by atoms with Crippen molar-refractivity contribution >= 4 is 33.6 Å². The summed E-state index contributed by atoms with van der Waals surface area (Å²) in [6.07, 6.45) is 7.65. The average molecular weight is 684 g/mol. The van der Waals surface area contributed by atoms with Gasteiger partial charge in [0.15, 0.2) is 7.05 Å². The number of aromatic nitrogens is 3. The predicted octanol–water partition coefficient (Wildman–Crippen LogP) is 6.78. The second-order valence-electron chi connectivity index (χ2n) is 9.04. The van der Waals surface area contributed by atoms with E-state index in [1.54, 1.807) is 0 Å². The number of benzene rings is 3. The molecule has 6 heteroatoms. The number of aryl methyl sites for hydroxylation is 1. The first-order valence-electron chi connectivity index (χ1n) is 12.4. The Hall–Kier alpha value is -4.47. The Balaban J connectivity index is 0.000000187. The Morgan fingerprint density at radius 1 is 0.846 bits per heavy atom. The molecule has 0 amide bonds. The molecule has 7 rings (SSSR count). The first-order valence-corrected chi connectivity index (χ1v) is 12.4. The van der Waals surface area contributed by atoms with E-state index in [-0.39, 0.29) is 20.1 Å². The van der Waals surface area contributed by atoms with Gasteiger partial charge in [0.05, 0.1) is 0 Å². The van der Waals surface area contributed by atoms with Crippen molar-refractivity contribution in [1.29, 1.82) is 0 Å². The van der Waals surface area contributed by atoms with E-state index < -0.39 is 0 Å². The molecule has 1 radical (unpaired) electrons. The van der Waals surface area contributed by atoms with Crippen molar-refractivity contribution in [3.05, 3.63) is 133 Å². The summed E-state index contributed by atoms with van der Waals surface area (Å²) in [5, 5.41) is 2.28. The van der Waals surface area contributed by atoms with Gasteiger partial charge in [-0.3, -0.25) is 0 Å². The van der Waals surface area contributed by atoms with Crippen LogP contribution in [0.4, 0.5) is 5.69 Å². The second-order valence-corrected chi connectivity index (χ2v) is 9.04. The third-order valence-electron chi connectivity index (χ3n) is 6.32. The molecule has 0 fully saturated rings. The summed E-state index contributed by atoms with van der Waals surface area (Å²) in [4.78, 5) is 8.95. The topological polar surface area (TPSA) is 36.7 Å². The zero-order chi connectivity index (χ0) is 25.9. The predicted molar refractivity (Wildman–Crippen MR) is 151 cm³/mol. The summed E-state index contributed by atoms with van der Waals surface area (Å²) in [6, 6.07) is 40.3. The molecular formula is C33H25IrN5. The van der Waals surface area contributed by atoms with Crippen LogP contribution in [0.15, 0.2) is 116 Å².